The van der Waals surface area contributed by atoms with Crippen LogP contribution in [0.3, 0.4) is 0 Å². The number of halogens is 1. The zero-order valence-corrected chi connectivity index (χ0v) is 9.30. The van der Waals surface area contributed by atoms with Gasteiger partial charge < -0.3 is 19.8 Å². The number of likely N-dealkylation sites (N-methyl/N-ethyl adjacent to an activating group) is 1. The lowest BCUT2D eigenvalue weighted by molar-refractivity contribution is -1.92. The van der Waals surface area contributed by atoms with Crippen LogP contribution in [0, 0.1) is 25.6 Å². The molecule has 10 heteroatoms. The van der Waals surface area contributed by atoms with Gasteiger partial charge in [-0.15, -0.1) is 0 Å². The average Bonchev–Trinajstić information content (AvgIpc) is 1.77. The zero-order valence-electron chi connectivity index (χ0n) is 8.54. The van der Waals surface area contributed by atoms with Crippen LogP contribution in [0.1, 0.15) is 0 Å². The van der Waals surface area contributed by atoms with Crippen LogP contribution in [-0.4, -0.2) is 43.9 Å². The molecule has 0 aromatic rings. The van der Waals surface area contributed by atoms with Gasteiger partial charge in [-0.2, -0.15) is 14.0 Å². The van der Waals surface area contributed by atoms with Crippen molar-refractivity contribution in [2.45, 2.75) is 0 Å². The predicted molar refractivity (Wildman–Crippen MR) is 39.2 cm³/mol. The summed E-state index contributed by atoms with van der Waals surface area (Å²) in [5, 5.41) is 14.8. The molecule has 0 bridgehead atoms. The lowest BCUT2D eigenvalue weighted by Crippen LogP contribution is -2.61. The second kappa shape index (κ2) is 6.71. The van der Waals surface area contributed by atoms with E-state index in [4.69, 9.17) is 15.3 Å². The largest absolute Gasteiger partial charge is 0.356 e. The third-order valence-electron chi connectivity index (χ3n) is 0.973. The van der Waals surface area contributed by atoms with Crippen molar-refractivity contribution in [3.63, 3.8) is 0 Å². The topological polar surface area (TPSA) is 145 Å². The second-order valence-electron chi connectivity index (χ2n) is 3.43. The van der Waals surface area contributed by atoms with Gasteiger partial charge in [0.05, 0.1) is 40.8 Å². The molecule has 0 atom stereocenters. The van der Waals surface area contributed by atoms with Crippen molar-refractivity contribution in [2.24, 2.45) is 0 Å². The Morgan fingerprint density at radius 2 is 1.53 bits per heavy atom. The summed E-state index contributed by atoms with van der Waals surface area (Å²) in [6.07, 6.45) is 0. The summed E-state index contributed by atoms with van der Waals surface area (Å²) in [5.41, 5.74) is 0. The third-order valence-corrected chi connectivity index (χ3v) is 1.39. The van der Waals surface area contributed by atoms with E-state index in [2.05, 4.69) is 4.29 Å². The van der Waals surface area contributed by atoms with Crippen LogP contribution in [0.25, 0.3) is 0 Å². The molecule has 0 rings (SSSR count). The minimum atomic E-state index is -4.25. The fourth-order valence-corrected chi connectivity index (χ4v) is 0.661. The van der Waals surface area contributed by atoms with Gasteiger partial charge in [-0.25, -0.2) is 0 Å². The number of nitrogens with zero attached hydrogens (tertiary/aromatic N) is 2. The molecular weight excluding hydrogens is 236 g/mol. The Morgan fingerprint density at radius 3 is 1.73 bits per heavy atom. The maximum absolute atomic E-state index is 9.90. The lowest BCUT2D eigenvalue weighted by atomic mass is 10.5. The Bertz CT molecular complexity index is 169. The van der Waals surface area contributed by atoms with Gasteiger partial charge in [0.1, 0.15) is 6.54 Å². The summed E-state index contributed by atoms with van der Waals surface area (Å²) in [6.45, 7) is 0.408. The third kappa shape index (κ3) is 31.9. The van der Waals surface area contributed by atoms with Crippen LogP contribution in [0.4, 0.5) is 0 Å². The van der Waals surface area contributed by atoms with Gasteiger partial charge in [0, 0.05) is 0 Å². The molecule has 0 aliphatic heterocycles. The molecule has 92 valence electrons. The summed E-state index contributed by atoms with van der Waals surface area (Å²) in [6, 6.07) is 0. The highest BCUT2D eigenvalue weighted by molar-refractivity contribution is 4.20. The van der Waals surface area contributed by atoms with Gasteiger partial charge in [-0.3, -0.25) is 0 Å². The van der Waals surface area contributed by atoms with E-state index in [9.17, 15) is 14.0 Å². The SMILES string of the molecule is C[N+](C)(C)CCO[Cl+3]([O-])([O-])[O-].O=[N+]([O-])[O-]. The first-order valence-electron chi connectivity index (χ1n) is 3.61. The van der Waals surface area contributed by atoms with Crippen LogP contribution in [-0.2, 0) is 4.29 Å². The molecule has 15 heavy (non-hydrogen) atoms. The van der Waals surface area contributed by atoms with Gasteiger partial charge in [-0.1, -0.05) is 0 Å². The van der Waals surface area contributed by atoms with Crippen molar-refractivity contribution in [1.29, 1.82) is 0 Å². The Labute approximate surface area is 88.5 Å². The predicted octanol–water partition coefficient (Wildman–Crippen LogP) is -3.63. The van der Waals surface area contributed by atoms with Crippen LogP contribution in [0.2, 0.25) is 0 Å². The summed E-state index contributed by atoms with van der Waals surface area (Å²) < 4.78 is 34.3. The Balaban J connectivity index is 0. The van der Waals surface area contributed by atoms with Crippen molar-refractivity contribution in [3.05, 3.63) is 15.3 Å². The number of quaternary nitrogens is 1. The van der Waals surface area contributed by atoms with Crippen molar-refractivity contribution in [3.8, 4) is 0 Å². The Hall–Kier alpha value is -0.710. The van der Waals surface area contributed by atoms with Gasteiger partial charge >= 0.3 is 0 Å². The highest BCUT2D eigenvalue weighted by atomic mass is 35.7. The van der Waals surface area contributed by atoms with Gasteiger partial charge in [0.2, 0.25) is 0 Å². The second-order valence-corrected chi connectivity index (χ2v) is 4.40. The lowest BCUT2D eigenvalue weighted by Gasteiger charge is -2.22. The van der Waals surface area contributed by atoms with E-state index in [1.807, 2.05) is 21.1 Å². The molecule has 0 saturated carbocycles. The first-order chi connectivity index (χ1) is 6.44. The van der Waals surface area contributed by atoms with Crippen LogP contribution in [0.15, 0.2) is 0 Å². The van der Waals surface area contributed by atoms with E-state index in [0.29, 0.717) is 11.0 Å². The van der Waals surface area contributed by atoms with Crippen molar-refractivity contribution >= 4 is 0 Å². The first-order valence-corrected chi connectivity index (χ1v) is 4.85. The fraction of sp³-hybridized carbons (Fsp3) is 1.00. The molecule has 9 nitrogen and oxygen atoms in total. The minimum Gasteiger partial charge on any atom is -0.356 e. The Morgan fingerprint density at radius 1 is 1.20 bits per heavy atom. The summed E-state index contributed by atoms with van der Waals surface area (Å²) in [5.74, 6) is 0. The summed E-state index contributed by atoms with van der Waals surface area (Å²) in [7, 11) is 1.37. The molecule has 0 aliphatic carbocycles. The van der Waals surface area contributed by atoms with Crippen LogP contribution < -0.4 is 14.0 Å². The molecule has 0 unspecified atom stereocenters. The number of rotatable bonds is 4. The van der Waals surface area contributed by atoms with Crippen molar-refractivity contribution in [2.75, 3.05) is 34.3 Å². The zero-order chi connectivity index (χ0) is 12.7. The van der Waals surface area contributed by atoms with E-state index in [1.165, 1.54) is 0 Å². The van der Waals surface area contributed by atoms with Crippen LogP contribution in [0.5, 0.6) is 0 Å². The highest BCUT2D eigenvalue weighted by Crippen LogP contribution is 1.93. The smallest absolute Gasteiger partial charge is 0.251 e. The van der Waals surface area contributed by atoms with Gasteiger partial charge in [-0.05, 0) is 0 Å². The molecule has 0 saturated heterocycles. The normalized spacial score (nSPS) is 11.6. The van der Waals surface area contributed by atoms with Crippen LogP contribution >= 0.6 is 0 Å². The van der Waals surface area contributed by atoms with E-state index in [-0.39, 0.29) is 6.61 Å². The van der Waals surface area contributed by atoms with Crippen molar-refractivity contribution < 1.29 is 38.1 Å². The molecule has 0 aliphatic rings. The molecule has 0 aromatic carbocycles. The molecule has 0 radical (unpaired) electrons. The molecular formula is C5H13ClN2O7. The average molecular weight is 249 g/mol. The standard InChI is InChI=1S/C5H13ClNO4.NO3/c1-7(2,3)4-5-11-6(8,9)10;2-1(3)4/h4-5H2,1-3H3;/q+1;-1. The molecule has 0 heterocycles. The van der Waals surface area contributed by atoms with Crippen molar-refractivity contribution in [1.82, 2.24) is 0 Å². The highest BCUT2D eigenvalue weighted by Gasteiger charge is 2.19. The minimum absolute atomic E-state index is 0.0725. The van der Waals surface area contributed by atoms with E-state index < -0.39 is 15.3 Å². The van der Waals surface area contributed by atoms with E-state index in [1.54, 1.807) is 0 Å². The van der Waals surface area contributed by atoms with Gasteiger partial charge in [0.25, 0.3) is 6.61 Å². The van der Waals surface area contributed by atoms with E-state index in [0.717, 1.165) is 0 Å². The first kappa shape index (κ1) is 16.7. The molecule has 0 spiro atoms. The quantitative estimate of drug-likeness (QED) is 0.283. The number of hydrogen-bond donors (Lipinski definition) is 0. The molecule has 0 aromatic heterocycles. The molecule has 0 N–H and O–H groups in total. The maximum Gasteiger partial charge on any atom is 0.251 e. The number of hydrogen-bond acceptors (Lipinski definition) is 7. The molecule has 0 amide bonds. The summed E-state index contributed by atoms with van der Waals surface area (Å²) in [4.78, 5) is 8.25. The van der Waals surface area contributed by atoms with E-state index >= 15 is 0 Å². The fourth-order valence-electron chi connectivity index (χ4n) is 0.403. The van der Waals surface area contributed by atoms with Gasteiger partial charge in [0.15, 0.2) is 0 Å². The molecule has 0 fully saturated rings. The Kier molecular flexibility index (Phi) is 7.48. The summed E-state index contributed by atoms with van der Waals surface area (Å²) >= 11 is 0. The maximum atomic E-state index is 9.90. The monoisotopic (exact) mass is 248 g/mol.